The Morgan fingerprint density at radius 2 is 2.10 bits per heavy atom. The first-order chi connectivity index (χ1) is 9.45. The van der Waals surface area contributed by atoms with Crippen molar-refractivity contribution in [1.82, 2.24) is 10.3 Å². The second-order valence-electron chi connectivity index (χ2n) is 4.28. The summed E-state index contributed by atoms with van der Waals surface area (Å²) >= 11 is 0. The van der Waals surface area contributed by atoms with Gasteiger partial charge in [-0.2, -0.15) is 0 Å². The van der Waals surface area contributed by atoms with Crippen molar-refractivity contribution in [3.8, 4) is 0 Å². The van der Waals surface area contributed by atoms with E-state index in [1.165, 1.54) is 32.5 Å². The number of hydrogen-bond acceptors (Lipinski definition) is 6. The monoisotopic (exact) mass is 282 g/mol. The van der Waals surface area contributed by atoms with Gasteiger partial charge in [-0.3, -0.25) is 9.78 Å². The summed E-state index contributed by atoms with van der Waals surface area (Å²) in [5, 5.41) is 22.3. The van der Waals surface area contributed by atoms with E-state index in [4.69, 9.17) is 0 Å². The van der Waals surface area contributed by atoms with Gasteiger partial charge in [-0.1, -0.05) is 0 Å². The lowest BCUT2D eigenvalue weighted by molar-refractivity contribution is -0.119. The Hall–Kier alpha value is -1.99. The van der Waals surface area contributed by atoms with Crippen LogP contribution in [0.25, 0.3) is 0 Å². The van der Waals surface area contributed by atoms with Crippen LogP contribution in [0.2, 0.25) is 0 Å². The number of ether oxygens (including phenoxy) is 1. The lowest BCUT2D eigenvalue weighted by Crippen LogP contribution is -2.27. The molecule has 20 heavy (non-hydrogen) atoms. The number of carbonyl (C=O) groups excluding carboxylic acids is 2. The number of amides is 1. The predicted octanol–water partition coefficient (Wildman–Crippen LogP) is -0.211. The number of aromatic nitrogens is 1. The predicted molar refractivity (Wildman–Crippen MR) is 69.8 cm³/mol. The highest BCUT2D eigenvalue weighted by molar-refractivity contribution is 5.89. The van der Waals surface area contributed by atoms with E-state index in [9.17, 15) is 19.8 Å². The number of nitrogens with one attached hydrogen (secondary N) is 1. The number of pyridine rings is 1. The van der Waals surface area contributed by atoms with Gasteiger partial charge in [-0.25, -0.2) is 4.79 Å². The molecule has 2 unspecified atom stereocenters. The molecule has 7 nitrogen and oxygen atoms in total. The molecule has 0 aliphatic rings. The maximum absolute atomic E-state index is 11.4. The van der Waals surface area contributed by atoms with Crippen LogP contribution in [0.4, 0.5) is 0 Å². The molecule has 2 atom stereocenters. The van der Waals surface area contributed by atoms with Crippen LogP contribution in [0.3, 0.4) is 0 Å². The van der Waals surface area contributed by atoms with Gasteiger partial charge >= 0.3 is 5.97 Å². The number of aliphatic hydroxyl groups is 2. The second-order valence-corrected chi connectivity index (χ2v) is 4.28. The summed E-state index contributed by atoms with van der Waals surface area (Å²) < 4.78 is 4.55. The Kier molecular flexibility index (Phi) is 6.08. The molecule has 0 spiro atoms. The second kappa shape index (κ2) is 7.56. The lowest BCUT2D eigenvalue weighted by atomic mass is 10.0. The van der Waals surface area contributed by atoms with Crippen molar-refractivity contribution in [2.75, 3.05) is 13.7 Å². The van der Waals surface area contributed by atoms with Gasteiger partial charge in [-0.05, 0) is 12.5 Å². The molecule has 1 heterocycles. The van der Waals surface area contributed by atoms with Crippen LogP contribution in [-0.4, -0.2) is 46.8 Å². The van der Waals surface area contributed by atoms with Crippen molar-refractivity contribution >= 4 is 11.9 Å². The van der Waals surface area contributed by atoms with Gasteiger partial charge in [0.2, 0.25) is 5.91 Å². The summed E-state index contributed by atoms with van der Waals surface area (Å²) in [6.07, 6.45) is 0.589. The minimum atomic E-state index is -1.19. The SMILES string of the molecule is COC(=O)c1cncc(C(O)C(O)CCNC(C)=O)c1. The minimum Gasteiger partial charge on any atom is -0.465 e. The molecule has 1 amide bonds. The molecule has 7 heteroatoms. The molecule has 0 radical (unpaired) electrons. The third-order valence-electron chi connectivity index (χ3n) is 2.70. The number of rotatable bonds is 6. The summed E-state index contributed by atoms with van der Waals surface area (Å²) in [7, 11) is 1.24. The van der Waals surface area contributed by atoms with Crippen LogP contribution in [0, 0.1) is 0 Å². The molecule has 110 valence electrons. The van der Waals surface area contributed by atoms with Crippen molar-refractivity contribution in [1.29, 1.82) is 0 Å². The Bertz CT molecular complexity index is 478. The summed E-state index contributed by atoms with van der Waals surface area (Å²) in [5.74, 6) is -0.777. The highest BCUT2D eigenvalue weighted by Crippen LogP contribution is 2.19. The van der Waals surface area contributed by atoms with E-state index in [0.717, 1.165) is 0 Å². The largest absolute Gasteiger partial charge is 0.465 e. The topological polar surface area (TPSA) is 109 Å². The van der Waals surface area contributed by atoms with Gasteiger partial charge < -0.3 is 20.3 Å². The highest BCUT2D eigenvalue weighted by atomic mass is 16.5. The average molecular weight is 282 g/mol. The molecule has 0 aliphatic carbocycles. The Morgan fingerprint density at radius 3 is 2.70 bits per heavy atom. The molecule has 0 saturated heterocycles. The number of carbonyl (C=O) groups is 2. The zero-order chi connectivity index (χ0) is 15.1. The number of hydrogen-bond donors (Lipinski definition) is 3. The summed E-state index contributed by atoms with van der Waals surface area (Å²) in [6.45, 7) is 1.62. The smallest absolute Gasteiger partial charge is 0.339 e. The van der Waals surface area contributed by atoms with E-state index >= 15 is 0 Å². The van der Waals surface area contributed by atoms with Gasteiger partial charge in [-0.15, -0.1) is 0 Å². The van der Waals surface area contributed by atoms with E-state index in [2.05, 4.69) is 15.0 Å². The van der Waals surface area contributed by atoms with Crippen molar-refractivity contribution in [2.45, 2.75) is 25.6 Å². The molecule has 3 N–H and O–H groups in total. The molecular weight excluding hydrogens is 264 g/mol. The maximum Gasteiger partial charge on any atom is 0.339 e. The first-order valence-electron chi connectivity index (χ1n) is 6.09. The van der Waals surface area contributed by atoms with Crippen LogP contribution in [0.15, 0.2) is 18.5 Å². The van der Waals surface area contributed by atoms with E-state index in [1.807, 2.05) is 0 Å². The quantitative estimate of drug-likeness (QED) is 0.623. The van der Waals surface area contributed by atoms with Crippen molar-refractivity contribution in [3.05, 3.63) is 29.6 Å². The fraction of sp³-hybridized carbons (Fsp3) is 0.462. The lowest BCUT2D eigenvalue weighted by Gasteiger charge is -2.18. The molecular formula is C13H18N2O5. The normalized spacial score (nSPS) is 13.4. The van der Waals surface area contributed by atoms with Crippen LogP contribution >= 0.6 is 0 Å². The minimum absolute atomic E-state index is 0.184. The molecule has 1 aromatic rings. The van der Waals surface area contributed by atoms with Crippen molar-refractivity contribution in [2.24, 2.45) is 0 Å². The van der Waals surface area contributed by atoms with Crippen LogP contribution in [0.1, 0.15) is 35.4 Å². The molecule has 0 fully saturated rings. The standard InChI is InChI=1S/C13H18N2O5/c1-8(16)15-4-3-11(17)12(18)9-5-10(7-14-6-9)13(19)20-2/h5-7,11-12,17-18H,3-4H2,1-2H3,(H,15,16). The number of aliphatic hydroxyl groups excluding tert-OH is 2. The van der Waals surface area contributed by atoms with E-state index in [0.29, 0.717) is 5.56 Å². The Labute approximate surface area is 116 Å². The van der Waals surface area contributed by atoms with E-state index < -0.39 is 18.2 Å². The zero-order valence-electron chi connectivity index (χ0n) is 11.4. The van der Waals surface area contributed by atoms with Gasteiger partial charge in [0.1, 0.15) is 6.10 Å². The van der Waals surface area contributed by atoms with E-state index in [1.54, 1.807) is 0 Å². The van der Waals surface area contributed by atoms with Crippen LogP contribution in [-0.2, 0) is 9.53 Å². The molecule has 0 aliphatic heterocycles. The zero-order valence-corrected chi connectivity index (χ0v) is 11.4. The number of methoxy groups -OCH3 is 1. The summed E-state index contributed by atoms with van der Waals surface area (Å²) in [4.78, 5) is 25.9. The molecule has 1 rings (SSSR count). The summed E-state index contributed by atoms with van der Waals surface area (Å²) in [6, 6.07) is 1.41. The highest BCUT2D eigenvalue weighted by Gasteiger charge is 2.20. The molecule has 1 aromatic heterocycles. The van der Waals surface area contributed by atoms with Gasteiger partial charge in [0, 0.05) is 31.4 Å². The molecule has 0 bridgehead atoms. The fourth-order valence-electron chi connectivity index (χ4n) is 1.63. The van der Waals surface area contributed by atoms with Crippen LogP contribution < -0.4 is 5.32 Å². The van der Waals surface area contributed by atoms with Crippen LogP contribution in [0.5, 0.6) is 0 Å². The molecule has 0 saturated carbocycles. The first-order valence-corrected chi connectivity index (χ1v) is 6.09. The number of esters is 1. The molecule has 0 aromatic carbocycles. The Balaban J connectivity index is 2.68. The number of nitrogens with zero attached hydrogens (tertiary/aromatic N) is 1. The third kappa shape index (κ3) is 4.60. The van der Waals surface area contributed by atoms with Gasteiger partial charge in [0.05, 0.1) is 18.8 Å². The fourth-order valence-corrected chi connectivity index (χ4v) is 1.63. The van der Waals surface area contributed by atoms with Crippen molar-refractivity contribution < 1.29 is 24.5 Å². The average Bonchev–Trinajstić information content (AvgIpc) is 2.45. The van der Waals surface area contributed by atoms with Gasteiger partial charge in [0.15, 0.2) is 0 Å². The first kappa shape index (κ1) is 16.1. The summed E-state index contributed by atoms with van der Waals surface area (Å²) in [5.41, 5.74) is 0.501. The third-order valence-corrected chi connectivity index (χ3v) is 2.70. The van der Waals surface area contributed by atoms with E-state index in [-0.39, 0.29) is 24.4 Å². The van der Waals surface area contributed by atoms with Crippen molar-refractivity contribution in [3.63, 3.8) is 0 Å². The van der Waals surface area contributed by atoms with Gasteiger partial charge in [0.25, 0.3) is 0 Å². The Morgan fingerprint density at radius 1 is 1.40 bits per heavy atom. The maximum atomic E-state index is 11.4.